The first-order valence-corrected chi connectivity index (χ1v) is 9.60. The van der Waals surface area contributed by atoms with Crippen LogP contribution in [-0.2, 0) is 23.1 Å². The number of hydrogen-bond acceptors (Lipinski definition) is 6. The molecule has 0 aliphatic rings. The number of primary sulfonamides is 1. The summed E-state index contributed by atoms with van der Waals surface area (Å²) in [6, 6.07) is 3.24. The van der Waals surface area contributed by atoms with Gasteiger partial charge in [0.1, 0.15) is 9.22 Å². The average molecular weight is 487 g/mol. The van der Waals surface area contributed by atoms with Crippen LogP contribution < -0.4 is 15.8 Å². The molecule has 0 aliphatic carbocycles. The second-order valence-electron chi connectivity index (χ2n) is 4.43. The van der Waals surface area contributed by atoms with E-state index in [2.05, 4.69) is 20.6 Å². The lowest BCUT2D eigenvalue weighted by molar-refractivity contribution is 0.600. The molecule has 4 N–H and O–H groups in total. The molecule has 0 saturated heterocycles. The molecule has 2 rings (SSSR count). The number of nitrogens with zero attached hydrogens (tertiary/aromatic N) is 2. The standard InChI is InChI=1S/C12H17N5O2S3.HI/c1-8-7-20-10(17-8)6-16-12(14-2)15-5-9-3-4-11(21-9)22(13,18)19;/h3-4,7H,5-6H2,1-2H3,(H2,13,18,19)(H2,14,15,16);1H. The normalized spacial score (nSPS) is 11.9. The van der Waals surface area contributed by atoms with Crippen LogP contribution in [0.4, 0.5) is 0 Å². The number of nitrogens with two attached hydrogens (primary N) is 1. The minimum atomic E-state index is -3.63. The number of aliphatic imine (C=N–C) groups is 1. The number of halogens is 1. The Hall–Kier alpha value is -0.760. The highest BCUT2D eigenvalue weighted by molar-refractivity contribution is 14.0. The van der Waals surface area contributed by atoms with Gasteiger partial charge in [-0.3, -0.25) is 4.99 Å². The van der Waals surface area contributed by atoms with Crippen molar-refractivity contribution in [2.24, 2.45) is 10.1 Å². The van der Waals surface area contributed by atoms with Gasteiger partial charge in [0.15, 0.2) is 5.96 Å². The topological polar surface area (TPSA) is 109 Å². The van der Waals surface area contributed by atoms with Crippen LogP contribution in [0.25, 0.3) is 0 Å². The molecular weight excluding hydrogens is 469 g/mol. The molecule has 0 atom stereocenters. The van der Waals surface area contributed by atoms with Gasteiger partial charge >= 0.3 is 0 Å². The molecule has 7 nitrogen and oxygen atoms in total. The summed E-state index contributed by atoms with van der Waals surface area (Å²) < 4.78 is 22.6. The van der Waals surface area contributed by atoms with Gasteiger partial charge in [0, 0.05) is 23.0 Å². The fraction of sp³-hybridized carbons (Fsp3) is 0.333. The number of sulfonamides is 1. The van der Waals surface area contributed by atoms with E-state index in [1.807, 2.05) is 12.3 Å². The van der Waals surface area contributed by atoms with Crippen molar-refractivity contribution >= 4 is 62.6 Å². The van der Waals surface area contributed by atoms with Crippen molar-refractivity contribution in [1.82, 2.24) is 15.6 Å². The summed E-state index contributed by atoms with van der Waals surface area (Å²) in [5.41, 5.74) is 0.999. The van der Waals surface area contributed by atoms with Gasteiger partial charge in [-0.1, -0.05) is 0 Å². The van der Waals surface area contributed by atoms with Crippen molar-refractivity contribution in [2.75, 3.05) is 7.05 Å². The molecule has 2 aromatic heterocycles. The minimum Gasteiger partial charge on any atom is -0.352 e. The summed E-state index contributed by atoms with van der Waals surface area (Å²) in [7, 11) is -1.96. The molecule has 0 amide bonds. The molecule has 0 radical (unpaired) electrons. The van der Waals surface area contributed by atoms with E-state index in [1.165, 1.54) is 6.07 Å². The van der Waals surface area contributed by atoms with E-state index in [0.717, 1.165) is 26.9 Å². The summed E-state index contributed by atoms with van der Waals surface area (Å²) >= 11 is 2.73. The van der Waals surface area contributed by atoms with Crippen molar-refractivity contribution in [2.45, 2.75) is 24.2 Å². The Morgan fingerprint density at radius 3 is 2.57 bits per heavy atom. The van der Waals surface area contributed by atoms with E-state index >= 15 is 0 Å². The fourth-order valence-electron chi connectivity index (χ4n) is 1.64. The molecular formula is C12H18IN5O2S3. The highest BCUT2D eigenvalue weighted by Gasteiger charge is 2.11. The Labute approximate surface area is 160 Å². The SMILES string of the molecule is CN=C(NCc1ccc(S(N)(=O)=O)s1)NCc1nc(C)cs1.I. The third kappa shape index (κ3) is 6.33. The van der Waals surface area contributed by atoms with Crippen molar-refractivity contribution in [3.05, 3.63) is 33.1 Å². The van der Waals surface area contributed by atoms with Crippen LogP contribution in [0.2, 0.25) is 0 Å². The largest absolute Gasteiger partial charge is 0.352 e. The van der Waals surface area contributed by atoms with Gasteiger partial charge in [0.05, 0.1) is 13.1 Å². The summed E-state index contributed by atoms with van der Waals surface area (Å²) in [4.78, 5) is 9.33. The Kier molecular flexibility index (Phi) is 7.86. The molecule has 2 heterocycles. The van der Waals surface area contributed by atoms with Crippen molar-refractivity contribution in [3.63, 3.8) is 0 Å². The lowest BCUT2D eigenvalue weighted by Crippen LogP contribution is -2.36. The fourth-order valence-corrected chi connectivity index (χ4v) is 4.07. The van der Waals surface area contributed by atoms with Gasteiger partial charge in [-0.05, 0) is 19.1 Å². The van der Waals surface area contributed by atoms with E-state index in [9.17, 15) is 8.42 Å². The average Bonchev–Trinajstić information content (AvgIpc) is 3.07. The van der Waals surface area contributed by atoms with Crippen LogP contribution in [0.1, 0.15) is 15.6 Å². The molecule has 0 bridgehead atoms. The van der Waals surface area contributed by atoms with Crippen molar-refractivity contribution < 1.29 is 8.42 Å². The van der Waals surface area contributed by atoms with E-state index in [1.54, 1.807) is 24.5 Å². The quantitative estimate of drug-likeness (QED) is 0.338. The molecule has 11 heteroatoms. The van der Waals surface area contributed by atoms with Gasteiger partial charge in [-0.15, -0.1) is 46.7 Å². The number of thiophene rings is 1. The van der Waals surface area contributed by atoms with Gasteiger partial charge in [0.25, 0.3) is 0 Å². The smallest absolute Gasteiger partial charge is 0.247 e. The first-order chi connectivity index (χ1) is 10.4. The van der Waals surface area contributed by atoms with E-state index in [0.29, 0.717) is 19.0 Å². The second kappa shape index (κ2) is 8.92. The maximum atomic E-state index is 11.2. The molecule has 0 saturated carbocycles. The number of aromatic nitrogens is 1. The van der Waals surface area contributed by atoms with Gasteiger partial charge in [-0.2, -0.15) is 0 Å². The van der Waals surface area contributed by atoms with Crippen molar-refractivity contribution in [1.29, 1.82) is 0 Å². The van der Waals surface area contributed by atoms with Gasteiger partial charge < -0.3 is 10.6 Å². The summed E-state index contributed by atoms with van der Waals surface area (Å²) in [6.45, 7) is 3.01. The molecule has 0 unspecified atom stereocenters. The van der Waals surface area contributed by atoms with E-state index < -0.39 is 10.0 Å². The zero-order valence-electron chi connectivity index (χ0n) is 12.6. The lowest BCUT2D eigenvalue weighted by Gasteiger charge is -2.09. The van der Waals surface area contributed by atoms with E-state index in [-0.39, 0.29) is 28.2 Å². The first-order valence-electron chi connectivity index (χ1n) is 6.35. The number of thiazole rings is 1. The Morgan fingerprint density at radius 1 is 1.35 bits per heavy atom. The zero-order chi connectivity index (χ0) is 16.2. The molecule has 0 aliphatic heterocycles. The first kappa shape index (κ1) is 20.3. The summed E-state index contributed by atoms with van der Waals surface area (Å²) in [6.07, 6.45) is 0. The van der Waals surface area contributed by atoms with Gasteiger partial charge in [-0.25, -0.2) is 18.5 Å². The maximum Gasteiger partial charge on any atom is 0.247 e. The maximum absolute atomic E-state index is 11.2. The van der Waals surface area contributed by atoms with Crippen molar-refractivity contribution in [3.8, 4) is 0 Å². The predicted molar refractivity (Wildman–Crippen MR) is 105 cm³/mol. The number of aryl methyl sites for hydroxylation is 1. The second-order valence-corrected chi connectivity index (χ2v) is 8.33. The molecule has 2 aromatic rings. The number of nitrogens with one attached hydrogen (secondary N) is 2. The predicted octanol–water partition coefficient (Wildman–Crippen LogP) is 1.64. The third-order valence-electron chi connectivity index (χ3n) is 2.64. The summed E-state index contributed by atoms with van der Waals surface area (Å²) in [5, 5.41) is 14.3. The molecule has 0 spiro atoms. The Balaban J connectivity index is 0.00000264. The number of guanidine groups is 1. The highest BCUT2D eigenvalue weighted by atomic mass is 127. The van der Waals surface area contributed by atoms with Crippen LogP contribution in [0.3, 0.4) is 0 Å². The number of hydrogen-bond donors (Lipinski definition) is 3. The molecule has 23 heavy (non-hydrogen) atoms. The molecule has 0 fully saturated rings. The van der Waals surface area contributed by atoms with Crippen LogP contribution in [0.15, 0.2) is 26.7 Å². The van der Waals surface area contributed by atoms with E-state index in [4.69, 9.17) is 5.14 Å². The van der Waals surface area contributed by atoms with Crippen LogP contribution in [-0.4, -0.2) is 26.4 Å². The number of rotatable bonds is 5. The van der Waals surface area contributed by atoms with Crippen LogP contribution >= 0.6 is 46.7 Å². The Morgan fingerprint density at radius 2 is 2.04 bits per heavy atom. The summed E-state index contributed by atoms with van der Waals surface area (Å²) in [5.74, 6) is 0.624. The molecule has 128 valence electrons. The van der Waals surface area contributed by atoms with Crippen LogP contribution in [0, 0.1) is 6.92 Å². The minimum absolute atomic E-state index is 0. The Bertz CT molecular complexity index is 769. The van der Waals surface area contributed by atoms with Crippen LogP contribution in [0.5, 0.6) is 0 Å². The monoisotopic (exact) mass is 487 g/mol. The molecule has 0 aromatic carbocycles. The zero-order valence-corrected chi connectivity index (χ0v) is 17.3. The highest BCUT2D eigenvalue weighted by Crippen LogP contribution is 2.19. The third-order valence-corrected chi connectivity index (χ3v) is 6.14. The lowest BCUT2D eigenvalue weighted by atomic mass is 10.4. The van der Waals surface area contributed by atoms with Gasteiger partial charge in [0.2, 0.25) is 10.0 Å².